The molecule has 1 aromatic heterocycles. The highest BCUT2D eigenvalue weighted by Crippen LogP contribution is 2.22. The van der Waals surface area contributed by atoms with Gasteiger partial charge in [0, 0.05) is 41.3 Å². The van der Waals surface area contributed by atoms with Crippen molar-refractivity contribution < 1.29 is 4.92 Å². The predicted molar refractivity (Wildman–Crippen MR) is 117 cm³/mol. The average Bonchev–Trinajstić information content (AvgIpc) is 3.06. The number of hydrazone groups is 1. The van der Waals surface area contributed by atoms with E-state index in [2.05, 4.69) is 64.6 Å². The van der Waals surface area contributed by atoms with Gasteiger partial charge in [-0.2, -0.15) is 5.10 Å². The van der Waals surface area contributed by atoms with Crippen LogP contribution in [0.4, 0.5) is 11.4 Å². The summed E-state index contributed by atoms with van der Waals surface area (Å²) in [4.78, 5) is 10.3. The zero-order valence-electron chi connectivity index (χ0n) is 15.9. The third-order valence-corrected chi connectivity index (χ3v) is 4.73. The van der Waals surface area contributed by atoms with E-state index in [1.165, 1.54) is 23.3 Å². The van der Waals surface area contributed by atoms with Crippen molar-refractivity contribution >= 4 is 28.5 Å². The number of nitrogens with one attached hydrogen (secondary N) is 1. The smallest absolute Gasteiger partial charge is 0.269 e. The topological polar surface area (TPSA) is 72.5 Å². The van der Waals surface area contributed by atoms with E-state index >= 15 is 0 Å². The number of rotatable bonds is 6. The van der Waals surface area contributed by atoms with Crippen molar-refractivity contribution in [1.82, 2.24) is 4.57 Å². The highest BCUT2D eigenvalue weighted by Gasteiger charge is 2.07. The molecule has 4 rings (SSSR count). The van der Waals surface area contributed by atoms with Crippen molar-refractivity contribution in [2.45, 2.75) is 13.5 Å². The summed E-state index contributed by atoms with van der Waals surface area (Å²) in [5.41, 5.74) is 8.31. The van der Waals surface area contributed by atoms with Crippen LogP contribution in [-0.2, 0) is 6.54 Å². The third-order valence-electron chi connectivity index (χ3n) is 4.73. The lowest BCUT2D eigenvalue weighted by Crippen LogP contribution is -1.98. The largest absolute Gasteiger partial charge is 0.342 e. The first-order valence-electron chi connectivity index (χ1n) is 9.27. The SMILES string of the molecule is Cc1cccc(Cn2cc(/C=N\Nc3ccc([N+](=O)[O-])cc3)c3ccccc32)c1. The zero-order valence-corrected chi connectivity index (χ0v) is 15.9. The Balaban J connectivity index is 1.57. The van der Waals surface area contributed by atoms with Gasteiger partial charge < -0.3 is 4.57 Å². The second-order valence-corrected chi connectivity index (χ2v) is 6.89. The van der Waals surface area contributed by atoms with Gasteiger partial charge in [0.1, 0.15) is 0 Å². The van der Waals surface area contributed by atoms with Gasteiger partial charge in [0.2, 0.25) is 0 Å². The highest BCUT2D eigenvalue weighted by atomic mass is 16.6. The van der Waals surface area contributed by atoms with Crippen molar-refractivity contribution in [3.8, 4) is 0 Å². The first-order chi connectivity index (χ1) is 14.1. The van der Waals surface area contributed by atoms with Crippen LogP contribution in [-0.4, -0.2) is 15.7 Å². The molecule has 0 aliphatic heterocycles. The molecule has 6 nitrogen and oxygen atoms in total. The summed E-state index contributed by atoms with van der Waals surface area (Å²) in [6.07, 6.45) is 3.87. The molecule has 0 aliphatic rings. The lowest BCUT2D eigenvalue weighted by atomic mass is 10.1. The number of hydrogen-bond donors (Lipinski definition) is 1. The molecule has 4 aromatic rings. The molecule has 0 atom stereocenters. The van der Waals surface area contributed by atoms with E-state index in [0.717, 1.165) is 23.0 Å². The number of aryl methyl sites for hydroxylation is 1. The molecule has 0 saturated heterocycles. The lowest BCUT2D eigenvalue weighted by molar-refractivity contribution is -0.384. The number of fused-ring (bicyclic) bond motifs is 1. The Bertz CT molecular complexity index is 1190. The van der Waals surface area contributed by atoms with Crippen LogP contribution in [0.3, 0.4) is 0 Å². The van der Waals surface area contributed by atoms with Crippen LogP contribution in [0.15, 0.2) is 84.1 Å². The Morgan fingerprint density at radius 1 is 1.07 bits per heavy atom. The number of nitro groups is 1. The maximum absolute atomic E-state index is 10.7. The number of non-ortho nitro benzene ring substituents is 1. The molecule has 29 heavy (non-hydrogen) atoms. The minimum Gasteiger partial charge on any atom is -0.342 e. The molecule has 0 amide bonds. The standard InChI is InChI=1S/C23H20N4O2/c1-17-5-4-6-18(13-17)15-26-16-19(22-7-2-3-8-23(22)26)14-24-25-20-9-11-21(12-10-20)27(28)29/h2-14,16,25H,15H2,1H3/b24-14-. The Morgan fingerprint density at radius 3 is 2.62 bits per heavy atom. The lowest BCUT2D eigenvalue weighted by Gasteiger charge is -2.06. The Morgan fingerprint density at radius 2 is 1.86 bits per heavy atom. The summed E-state index contributed by atoms with van der Waals surface area (Å²) < 4.78 is 2.22. The minimum atomic E-state index is -0.421. The molecule has 0 spiro atoms. The van der Waals surface area contributed by atoms with Gasteiger partial charge in [0.15, 0.2) is 0 Å². The number of para-hydroxylation sites is 1. The van der Waals surface area contributed by atoms with Gasteiger partial charge in [-0.15, -0.1) is 0 Å². The quantitative estimate of drug-likeness (QED) is 0.277. The van der Waals surface area contributed by atoms with Gasteiger partial charge in [-0.25, -0.2) is 0 Å². The summed E-state index contributed by atoms with van der Waals surface area (Å²) in [5.74, 6) is 0. The molecule has 0 fully saturated rings. The second-order valence-electron chi connectivity index (χ2n) is 6.89. The molecule has 1 N–H and O–H groups in total. The second kappa shape index (κ2) is 7.98. The number of aromatic nitrogens is 1. The number of benzene rings is 3. The Labute approximate surface area is 168 Å². The van der Waals surface area contributed by atoms with Crippen molar-refractivity contribution in [2.75, 3.05) is 5.43 Å². The minimum absolute atomic E-state index is 0.0544. The fourth-order valence-corrected chi connectivity index (χ4v) is 3.35. The van der Waals surface area contributed by atoms with Crippen molar-refractivity contribution in [3.63, 3.8) is 0 Å². The number of hydrogen-bond acceptors (Lipinski definition) is 4. The first kappa shape index (κ1) is 18.4. The number of nitro benzene ring substituents is 1. The summed E-state index contributed by atoms with van der Waals surface area (Å²) in [6, 6.07) is 22.9. The normalized spacial score (nSPS) is 11.2. The van der Waals surface area contributed by atoms with E-state index < -0.39 is 4.92 Å². The molecule has 1 heterocycles. The maximum atomic E-state index is 10.7. The molecule has 0 saturated carbocycles. The van der Waals surface area contributed by atoms with Gasteiger partial charge in [-0.05, 0) is 30.7 Å². The summed E-state index contributed by atoms with van der Waals surface area (Å²) in [7, 11) is 0. The summed E-state index contributed by atoms with van der Waals surface area (Å²) in [5, 5.41) is 16.2. The van der Waals surface area contributed by atoms with Crippen LogP contribution >= 0.6 is 0 Å². The molecular weight excluding hydrogens is 364 g/mol. The molecule has 0 bridgehead atoms. The van der Waals surface area contributed by atoms with E-state index in [9.17, 15) is 10.1 Å². The van der Waals surface area contributed by atoms with Gasteiger partial charge in [0.25, 0.3) is 5.69 Å². The van der Waals surface area contributed by atoms with Crippen LogP contribution in [0.2, 0.25) is 0 Å². The zero-order chi connectivity index (χ0) is 20.2. The van der Waals surface area contributed by atoms with E-state index in [-0.39, 0.29) is 5.69 Å². The third kappa shape index (κ3) is 4.16. The molecule has 0 radical (unpaired) electrons. The fourth-order valence-electron chi connectivity index (χ4n) is 3.35. The van der Waals surface area contributed by atoms with Crippen molar-refractivity contribution in [3.05, 3.63) is 106 Å². The van der Waals surface area contributed by atoms with Gasteiger partial charge in [-0.3, -0.25) is 15.5 Å². The molecule has 3 aromatic carbocycles. The maximum Gasteiger partial charge on any atom is 0.269 e. The van der Waals surface area contributed by atoms with Crippen LogP contribution in [0.1, 0.15) is 16.7 Å². The Kier molecular flexibility index (Phi) is 5.07. The fraction of sp³-hybridized carbons (Fsp3) is 0.0870. The van der Waals surface area contributed by atoms with E-state index in [4.69, 9.17) is 0 Å². The van der Waals surface area contributed by atoms with Crippen molar-refractivity contribution in [1.29, 1.82) is 0 Å². The summed E-state index contributed by atoms with van der Waals surface area (Å²) >= 11 is 0. The molecule has 0 unspecified atom stereocenters. The molecule has 144 valence electrons. The van der Waals surface area contributed by atoms with Gasteiger partial charge in [-0.1, -0.05) is 48.0 Å². The van der Waals surface area contributed by atoms with E-state index in [1.807, 2.05) is 12.1 Å². The van der Waals surface area contributed by atoms with Crippen LogP contribution in [0.5, 0.6) is 0 Å². The monoisotopic (exact) mass is 384 g/mol. The van der Waals surface area contributed by atoms with Crippen molar-refractivity contribution in [2.24, 2.45) is 5.10 Å². The van der Waals surface area contributed by atoms with Crippen LogP contribution in [0, 0.1) is 17.0 Å². The van der Waals surface area contributed by atoms with E-state index in [1.54, 1.807) is 18.3 Å². The number of nitrogens with zero attached hydrogens (tertiary/aromatic N) is 3. The molecule has 0 aliphatic carbocycles. The first-order valence-corrected chi connectivity index (χ1v) is 9.27. The highest BCUT2D eigenvalue weighted by molar-refractivity contribution is 5.99. The summed E-state index contributed by atoms with van der Waals surface area (Å²) in [6.45, 7) is 2.88. The molecular formula is C23H20N4O2. The van der Waals surface area contributed by atoms with Crippen LogP contribution in [0.25, 0.3) is 10.9 Å². The Hall–Kier alpha value is -3.93. The predicted octanol–water partition coefficient (Wildman–Crippen LogP) is 5.35. The van der Waals surface area contributed by atoms with Crippen LogP contribution < -0.4 is 5.43 Å². The van der Waals surface area contributed by atoms with Gasteiger partial charge in [0.05, 0.1) is 16.8 Å². The average molecular weight is 384 g/mol. The number of anilines is 1. The molecule has 6 heteroatoms. The van der Waals surface area contributed by atoms with E-state index in [0.29, 0.717) is 5.69 Å². The van der Waals surface area contributed by atoms with Gasteiger partial charge >= 0.3 is 0 Å².